The molecule has 0 aliphatic carbocycles. The zero-order chi connectivity index (χ0) is 25.8. The Morgan fingerprint density at radius 1 is 1.00 bits per heavy atom. The van der Waals surface area contributed by atoms with Gasteiger partial charge in [0.15, 0.2) is 6.10 Å². The van der Waals surface area contributed by atoms with Crippen molar-refractivity contribution in [2.45, 2.75) is 52.2 Å². The molecule has 2 aromatic rings. The van der Waals surface area contributed by atoms with Crippen LogP contribution in [0.25, 0.3) is 0 Å². The quantitative estimate of drug-likeness (QED) is 0.615. The fraction of sp³-hybridized carbons (Fsp3) is 0.464. The number of halogens is 1. The number of ether oxygens (including phenoxy) is 1. The lowest BCUT2D eigenvalue weighted by Crippen LogP contribution is -2.53. The van der Waals surface area contributed by atoms with Crippen LogP contribution in [0.4, 0.5) is 4.39 Å². The number of carbonyl (C=O) groups is 3. The van der Waals surface area contributed by atoms with Gasteiger partial charge in [-0.25, -0.2) is 4.39 Å². The van der Waals surface area contributed by atoms with Gasteiger partial charge >= 0.3 is 0 Å². The predicted molar refractivity (Wildman–Crippen MR) is 134 cm³/mol. The first-order chi connectivity index (χ1) is 17.3. The number of rotatable bonds is 6. The molecule has 2 aromatic carbocycles. The lowest BCUT2D eigenvalue weighted by molar-refractivity contribution is -0.143. The second-order valence-corrected chi connectivity index (χ2v) is 9.35. The highest BCUT2D eigenvalue weighted by Gasteiger charge is 2.33. The van der Waals surface area contributed by atoms with Crippen LogP contribution in [0.5, 0.6) is 5.75 Å². The van der Waals surface area contributed by atoms with Gasteiger partial charge in [0, 0.05) is 46.1 Å². The van der Waals surface area contributed by atoms with E-state index in [1.807, 2.05) is 38.1 Å². The first-order valence-corrected chi connectivity index (χ1v) is 12.7. The fourth-order valence-electron chi connectivity index (χ4n) is 5.09. The minimum absolute atomic E-state index is 0.00699. The Morgan fingerprint density at radius 3 is 2.36 bits per heavy atom. The Hall–Kier alpha value is -3.42. The highest BCUT2D eigenvalue weighted by molar-refractivity contribution is 5.82. The summed E-state index contributed by atoms with van der Waals surface area (Å²) in [6, 6.07) is 11.7. The average molecular weight is 496 g/mol. The molecular formula is C28H34FN3O4. The third-order valence-corrected chi connectivity index (χ3v) is 7.09. The predicted octanol–water partition coefficient (Wildman–Crippen LogP) is 3.56. The summed E-state index contributed by atoms with van der Waals surface area (Å²) < 4.78 is 20.3. The normalized spacial score (nSPS) is 18.4. The molecule has 3 amide bonds. The molecule has 192 valence electrons. The molecule has 2 atom stereocenters. The molecule has 0 aromatic heterocycles. The summed E-state index contributed by atoms with van der Waals surface area (Å²) in [6.45, 7) is 7.84. The van der Waals surface area contributed by atoms with E-state index in [1.54, 1.807) is 20.8 Å². The lowest BCUT2D eigenvalue weighted by Gasteiger charge is -2.38. The minimum Gasteiger partial charge on any atom is -0.481 e. The van der Waals surface area contributed by atoms with Crippen molar-refractivity contribution in [1.29, 1.82) is 0 Å². The molecule has 2 aliphatic heterocycles. The van der Waals surface area contributed by atoms with Crippen molar-refractivity contribution in [2.24, 2.45) is 0 Å². The highest BCUT2D eigenvalue weighted by Crippen LogP contribution is 2.38. The Bertz CT molecular complexity index is 1130. The SMILES string of the molecule is CCC(=O)N1CCc2ccc(O[C@H](CC)C(=O)N3CCN(C(C)=O)CC3)cc2[C@@H]1c1cccc(F)c1. The van der Waals surface area contributed by atoms with E-state index in [0.717, 1.165) is 11.1 Å². The second kappa shape index (κ2) is 11.1. The Kier molecular flexibility index (Phi) is 7.91. The Morgan fingerprint density at radius 2 is 1.72 bits per heavy atom. The van der Waals surface area contributed by atoms with Crippen LogP contribution in [0.15, 0.2) is 42.5 Å². The maximum Gasteiger partial charge on any atom is 0.263 e. The van der Waals surface area contributed by atoms with Crippen molar-refractivity contribution < 1.29 is 23.5 Å². The van der Waals surface area contributed by atoms with E-state index in [0.29, 0.717) is 63.3 Å². The van der Waals surface area contributed by atoms with Gasteiger partial charge in [0.25, 0.3) is 5.91 Å². The van der Waals surface area contributed by atoms with Crippen molar-refractivity contribution in [2.75, 3.05) is 32.7 Å². The van der Waals surface area contributed by atoms with Gasteiger partial charge in [-0.2, -0.15) is 0 Å². The van der Waals surface area contributed by atoms with E-state index in [1.165, 1.54) is 19.1 Å². The number of nitrogens with zero attached hydrogens (tertiary/aromatic N) is 3. The zero-order valence-electron chi connectivity index (χ0n) is 21.2. The Labute approximate surface area is 211 Å². The van der Waals surface area contributed by atoms with Gasteiger partial charge in [0.2, 0.25) is 11.8 Å². The van der Waals surface area contributed by atoms with Crippen LogP contribution in [0.3, 0.4) is 0 Å². The molecule has 0 radical (unpaired) electrons. The summed E-state index contributed by atoms with van der Waals surface area (Å²) >= 11 is 0. The molecule has 8 heteroatoms. The van der Waals surface area contributed by atoms with Crippen molar-refractivity contribution in [3.05, 3.63) is 65.0 Å². The number of fused-ring (bicyclic) bond motifs is 1. The van der Waals surface area contributed by atoms with Gasteiger partial charge in [-0.05, 0) is 53.8 Å². The van der Waals surface area contributed by atoms with Crippen LogP contribution in [0, 0.1) is 5.82 Å². The smallest absolute Gasteiger partial charge is 0.263 e. The molecular weight excluding hydrogens is 461 g/mol. The molecule has 1 saturated heterocycles. The van der Waals surface area contributed by atoms with E-state index in [9.17, 15) is 18.8 Å². The van der Waals surface area contributed by atoms with Crippen molar-refractivity contribution in [3.63, 3.8) is 0 Å². The molecule has 0 N–H and O–H groups in total. The molecule has 4 rings (SSSR count). The van der Waals surface area contributed by atoms with Crippen LogP contribution < -0.4 is 4.74 Å². The second-order valence-electron chi connectivity index (χ2n) is 9.35. The number of hydrogen-bond donors (Lipinski definition) is 0. The summed E-state index contributed by atoms with van der Waals surface area (Å²) in [5.74, 6) is 0.124. The van der Waals surface area contributed by atoms with Gasteiger partial charge in [0.1, 0.15) is 11.6 Å². The van der Waals surface area contributed by atoms with Crippen LogP contribution in [0.1, 0.15) is 56.3 Å². The number of hydrogen-bond acceptors (Lipinski definition) is 4. The van der Waals surface area contributed by atoms with Gasteiger partial charge < -0.3 is 19.4 Å². The molecule has 7 nitrogen and oxygen atoms in total. The maximum absolute atomic E-state index is 14.1. The maximum atomic E-state index is 14.1. The minimum atomic E-state index is -0.656. The van der Waals surface area contributed by atoms with E-state index < -0.39 is 12.1 Å². The molecule has 2 aliphatic rings. The number of carbonyl (C=O) groups excluding carboxylic acids is 3. The summed E-state index contributed by atoms with van der Waals surface area (Å²) in [5.41, 5.74) is 2.68. The van der Waals surface area contributed by atoms with E-state index in [4.69, 9.17) is 4.74 Å². The standard InChI is InChI=1S/C28H34FN3O4/c1-4-25(28(35)31-15-13-30(14-16-31)19(3)33)36-23-10-9-20-11-12-32(26(34)5-2)27(24(20)18-23)21-7-6-8-22(29)17-21/h6-10,17-18,25,27H,4-5,11-16H2,1-3H3/t25-,27+/m1/s1. The van der Waals surface area contributed by atoms with Crippen molar-refractivity contribution in [1.82, 2.24) is 14.7 Å². The molecule has 0 unspecified atom stereocenters. The highest BCUT2D eigenvalue weighted by atomic mass is 19.1. The van der Waals surface area contributed by atoms with Gasteiger partial charge in [-0.1, -0.05) is 32.0 Å². The third-order valence-electron chi connectivity index (χ3n) is 7.09. The molecule has 0 saturated carbocycles. The monoisotopic (exact) mass is 495 g/mol. The molecule has 1 fully saturated rings. The van der Waals surface area contributed by atoms with Crippen LogP contribution in [-0.4, -0.2) is 71.2 Å². The van der Waals surface area contributed by atoms with Crippen LogP contribution in [-0.2, 0) is 20.8 Å². The topological polar surface area (TPSA) is 70.2 Å². The summed E-state index contributed by atoms with van der Waals surface area (Å²) in [4.78, 5) is 42.9. The first kappa shape index (κ1) is 25.7. The lowest BCUT2D eigenvalue weighted by atomic mass is 9.87. The number of benzene rings is 2. The number of amides is 3. The average Bonchev–Trinajstić information content (AvgIpc) is 2.90. The van der Waals surface area contributed by atoms with Gasteiger partial charge in [-0.15, -0.1) is 0 Å². The largest absolute Gasteiger partial charge is 0.481 e. The summed E-state index contributed by atoms with van der Waals surface area (Å²) in [5, 5.41) is 0. The van der Waals surface area contributed by atoms with E-state index >= 15 is 0 Å². The molecule has 0 spiro atoms. The third kappa shape index (κ3) is 5.37. The van der Waals surface area contributed by atoms with E-state index in [2.05, 4.69) is 0 Å². The van der Waals surface area contributed by atoms with Crippen molar-refractivity contribution in [3.8, 4) is 5.75 Å². The van der Waals surface area contributed by atoms with Crippen LogP contribution >= 0.6 is 0 Å². The zero-order valence-corrected chi connectivity index (χ0v) is 21.2. The summed E-state index contributed by atoms with van der Waals surface area (Å²) in [7, 11) is 0. The van der Waals surface area contributed by atoms with Crippen molar-refractivity contribution >= 4 is 17.7 Å². The van der Waals surface area contributed by atoms with E-state index in [-0.39, 0.29) is 23.5 Å². The molecule has 0 bridgehead atoms. The van der Waals surface area contributed by atoms with Crippen LogP contribution in [0.2, 0.25) is 0 Å². The van der Waals surface area contributed by atoms with Gasteiger partial charge in [-0.3, -0.25) is 14.4 Å². The first-order valence-electron chi connectivity index (χ1n) is 12.7. The van der Waals surface area contributed by atoms with Gasteiger partial charge in [0.05, 0.1) is 6.04 Å². The fourth-order valence-corrected chi connectivity index (χ4v) is 5.09. The summed E-state index contributed by atoms with van der Waals surface area (Å²) in [6.07, 6.45) is 0.901. The number of piperazine rings is 1. The molecule has 2 heterocycles. The molecule has 36 heavy (non-hydrogen) atoms. The Balaban J connectivity index is 1.59.